The van der Waals surface area contributed by atoms with Crippen LogP contribution in [0.15, 0.2) is 23.1 Å². The number of hydrogen-bond acceptors (Lipinski definition) is 5. The molecule has 1 aromatic carbocycles. The number of nitrogens with one attached hydrogen (secondary N) is 1. The highest BCUT2D eigenvalue weighted by atomic mass is 32.2. The lowest BCUT2D eigenvalue weighted by Gasteiger charge is -2.11. The summed E-state index contributed by atoms with van der Waals surface area (Å²) in [5, 5.41) is 20.2. The second kappa shape index (κ2) is 6.73. The number of aliphatic hydroxyl groups excluding tert-OH is 1. The number of benzene rings is 1. The zero-order valence-electron chi connectivity index (χ0n) is 10.7. The van der Waals surface area contributed by atoms with Crippen molar-refractivity contribution >= 4 is 15.7 Å². The number of para-hydroxylation sites is 1. The predicted molar refractivity (Wildman–Crippen MR) is 69.2 cm³/mol. The first-order valence-corrected chi connectivity index (χ1v) is 7.38. The molecule has 0 amide bonds. The summed E-state index contributed by atoms with van der Waals surface area (Å²) in [6.07, 6.45) is 0.138. The van der Waals surface area contributed by atoms with Crippen molar-refractivity contribution in [1.29, 1.82) is 0 Å². The molecule has 1 unspecified atom stereocenters. The summed E-state index contributed by atoms with van der Waals surface area (Å²) in [7, 11) is -4.26. The van der Waals surface area contributed by atoms with Gasteiger partial charge in [-0.15, -0.1) is 0 Å². The first kappa shape index (κ1) is 16.5. The summed E-state index contributed by atoms with van der Waals surface area (Å²) >= 11 is 0. The maximum Gasteiger partial charge on any atom is 0.324 e. The molecule has 0 saturated carbocycles. The molecule has 7 nitrogen and oxygen atoms in total. The Morgan fingerprint density at radius 3 is 2.70 bits per heavy atom. The van der Waals surface area contributed by atoms with Gasteiger partial charge in [0.25, 0.3) is 0 Å². The van der Waals surface area contributed by atoms with Gasteiger partial charge in [0.1, 0.15) is 0 Å². The lowest BCUT2D eigenvalue weighted by molar-refractivity contribution is -0.390. The monoisotopic (exact) mass is 306 g/mol. The van der Waals surface area contributed by atoms with Crippen LogP contribution in [0.4, 0.5) is 10.1 Å². The van der Waals surface area contributed by atoms with Crippen LogP contribution >= 0.6 is 0 Å². The molecule has 0 aromatic heterocycles. The van der Waals surface area contributed by atoms with E-state index in [-0.39, 0.29) is 6.54 Å². The second-order valence-corrected chi connectivity index (χ2v) is 5.87. The standard InChI is InChI=1S/C11H15FN2O5S/c1-2-4-8(15)7-13-20(18,19)10-6-3-5-9(12)11(10)14(16)17/h3,5-6,8,13,15H,2,4,7H2,1H3. The largest absolute Gasteiger partial charge is 0.392 e. The summed E-state index contributed by atoms with van der Waals surface area (Å²) in [5.41, 5.74) is -1.11. The van der Waals surface area contributed by atoms with E-state index in [0.717, 1.165) is 18.2 Å². The second-order valence-electron chi connectivity index (χ2n) is 4.14. The molecule has 112 valence electrons. The van der Waals surface area contributed by atoms with Crippen LogP contribution in [-0.2, 0) is 10.0 Å². The molecule has 9 heteroatoms. The zero-order valence-corrected chi connectivity index (χ0v) is 11.6. The van der Waals surface area contributed by atoms with E-state index in [2.05, 4.69) is 0 Å². The normalized spacial score (nSPS) is 13.2. The number of rotatable bonds is 7. The summed E-state index contributed by atoms with van der Waals surface area (Å²) < 4.78 is 39.3. The van der Waals surface area contributed by atoms with Crippen LogP contribution in [0.25, 0.3) is 0 Å². The van der Waals surface area contributed by atoms with E-state index in [1.165, 1.54) is 0 Å². The van der Waals surface area contributed by atoms with Gasteiger partial charge in [0.15, 0.2) is 4.90 Å². The third-order valence-electron chi connectivity index (χ3n) is 2.55. The highest BCUT2D eigenvalue weighted by Crippen LogP contribution is 2.26. The number of nitro benzene ring substituents is 1. The number of hydrogen-bond donors (Lipinski definition) is 2. The molecule has 0 bridgehead atoms. The van der Waals surface area contributed by atoms with E-state index in [1.54, 1.807) is 0 Å². The lowest BCUT2D eigenvalue weighted by Crippen LogP contribution is -2.32. The van der Waals surface area contributed by atoms with Gasteiger partial charge < -0.3 is 5.11 Å². The predicted octanol–water partition coefficient (Wildman–Crippen LogP) is 1.17. The Kier molecular flexibility index (Phi) is 5.54. The summed E-state index contributed by atoms with van der Waals surface area (Å²) in [6, 6.07) is 2.82. The third-order valence-corrected chi connectivity index (χ3v) is 4.01. The number of sulfonamides is 1. The van der Waals surface area contributed by atoms with Crippen molar-refractivity contribution in [3.05, 3.63) is 34.1 Å². The van der Waals surface area contributed by atoms with Crippen molar-refractivity contribution in [1.82, 2.24) is 4.72 Å². The molecule has 20 heavy (non-hydrogen) atoms. The third kappa shape index (κ3) is 3.95. The summed E-state index contributed by atoms with van der Waals surface area (Å²) in [6.45, 7) is 1.53. The van der Waals surface area contributed by atoms with Gasteiger partial charge in [0, 0.05) is 6.54 Å². The number of aliphatic hydroxyl groups is 1. The van der Waals surface area contributed by atoms with Crippen molar-refractivity contribution in [2.24, 2.45) is 0 Å². The number of nitro groups is 1. The van der Waals surface area contributed by atoms with E-state index in [4.69, 9.17) is 0 Å². The fourth-order valence-electron chi connectivity index (χ4n) is 1.61. The molecule has 0 spiro atoms. The molecule has 0 aliphatic heterocycles. The van der Waals surface area contributed by atoms with Gasteiger partial charge in [-0.3, -0.25) is 10.1 Å². The molecular weight excluding hydrogens is 291 g/mol. The molecule has 1 aromatic rings. The van der Waals surface area contributed by atoms with Crippen LogP contribution in [0.5, 0.6) is 0 Å². The van der Waals surface area contributed by atoms with Gasteiger partial charge in [-0.1, -0.05) is 19.4 Å². The van der Waals surface area contributed by atoms with Crippen molar-refractivity contribution in [3.8, 4) is 0 Å². The van der Waals surface area contributed by atoms with Crippen LogP contribution in [0.3, 0.4) is 0 Å². The maximum absolute atomic E-state index is 13.4. The Balaban J connectivity index is 3.04. The summed E-state index contributed by atoms with van der Waals surface area (Å²) in [5.74, 6) is -1.23. The molecule has 0 radical (unpaired) electrons. The summed E-state index contributed by atoms with van der Waals surface area (Å²) in [4.78, 5) is 8.90. The molecule has 0 saturated heterocycles. The highest BCUT2D eigenvalue weighted by Gasteiger charge is 2.29. The quantitative estimate of drug-likeness (QED) is 0.580. The SMILES string of the molecule is CCCC(O)CNS(=O)(=O)c1cccc(F)c1[N+](=O)[O-]. The topological polar surface area (TPSA) is 110 Å². The van der Waals surface area contributed by atoms with E-state index >= 15 is 0 Å². The molecular formula is C11H15FN2O5S. The molecule has 0 aliphatic carbocycles. The van der Waals surface area contributed by atoms with Crippen molar-refractivity contribution in [2.45, 2.75) is 30.8 Å². The molecule has 0 fully saturated rings. The fraction of sp³-hybridized carbons (Fsp3) is 0.455. The van der Waals surface area contributed by atoms with Crippen LogP contribution in [0.2, 0.25) is 0 Å². The van der Waals surface area contributed by atoms with Gasteiger partial charge in [-0.05, 0) is 18.6 Å². The van der Waals surface area contributed by atoms with E-state index in [0.29, 0.717) is 12.8 Å². The first-order valence-electron chi connectivity index (χ1n) is 5.90. The van der Waals surface area contributed by atoms with Gasteiger partial charge in [0.05, 0.1) is 11.0 Å². The van der Waals surface area contributed by atoms with Crippen molar-refractivity contribution in [3.63, 3.8) is 0 Å². The minimum atomic E-state index is -4.26. The Morgan fingerprint density at radius 1 is 1.50 bits per heavy atom. The highest BCUT2D eigenvalue weighted by molar-refractivity contribution is 7.89. The Labute approximate surface area is 115 Å². The minimum Gasteiger partial charge on any atom is -0.392 e. The van der Waals surface area contributed by atoms with E-state index in [9.17, 15) is 28.0 Å². The Morgan fingerprint density at radius 2 is 2.15 bits per heavy atom. The average molecular weight is 306 g/mol. The fourth-order valence-corrected chi connectivity index (χ4v) is 2.86. The number of nitrogens with zero attached hydrogens (tertiary/aromatic N) is 1. The Hall–Kier alpha value is -1.58. The lowest BCUT2D eigenvalue weighted by atomic mass is 10.2. The van der Waals surface area contributed by atoms with Crippen molar-refractivity contribution < 1.29 is 22.8 Å². The van der Waals surface area contributed by atoms with Gasteiger partial charge in [0.2, 0.25) is 15.8 Å². The molecule has 0 heterocycles. The van der Waals surface area contributed by atoms with E-state index < -0.39 is 37.5 Å². The smallest absolute Gasteiger partial charge is 0.324 e. The molecule has 0 aliphatic rings. The minimum absolute atomic E-state index is 0.288. The van der Waals surface area contributed by atoms with Crippen LogP contribution in [0.1, 0.15) is 19.8 Å². The maximum atomic E-state index is 13.4. The Bertz CT molecular complexity index is 590. The molecule has 1 rings (SSSR count). The average Bonchev–Trinajstić information content (AvgIpc) is 2.36. The number of halogens is 1. The van der Waals surface area contributed by atoms with E-state index in [1.807, 2.05) is 11.6 Å². The molecule has 2 N–H and O–H groups in total. The first-order chi connectivity index (χ1) is 9.29. The van der Waals surface area contributed by atoms with Gasteiger partial charge in [-0.25, -0.2) is 13.1 Å². The van der Waals surface area contributed by atoms with Gasteiger partial charge in [-0.2, -0.15) is 4.39 Å². The van der Waals surface area contributed by atoms with Crippen molar-refractivity contribution in [2.75, 3.05) is 6.54 Å². The zero-order chi connectivity index (χ0) is 15.3. The van der Waals surface area contributed by atoms with Crippen LogP contribution in [0, 0.1) is 15.9 Å². The van der Waals surface area contributed by atoms with Crippen LogP contribution < -0.4 is 4.72 Å². The van der Waals surface area contributed by atoms with Crippen LogP contribution in [-0.4, -0.2) is 31.1 Å². The molecule has 1 atom stereocenters. The van der Waals surface area contributed by atoms with Gasteiger partial charge >= 0.3 is 5.69 Å².